The molecule has 1 aromatic rings. The third kappa shape index (κ3) is 4.15. The first-order valence-corrected chi connectivity index (χ1v) is 6.56. The molecule has 1 N–H and O–H groups in total. The minimum absolute atomic E-state index is 0.284. The number of carbonyl (C=O) groups excluding carboxylic acids is 1. The fraction of sp³-hybridized carbons (Fsp3) is 0.250. The van der Waals surface area contributed by atoms with Gasteiger partial charge < -0.3 is 4.74 Å². The number of esters is 1. The number of carbonyl (C=O) groups is 1. The van der Waals surface area contributed by atoms with Crippen LogP contribution < -0.4 is 4.72 Å². The van der Waals surface area contributed by atoms with Crippen LogP contribution in [0.3, 0.4) is 0 Å². The number of methoxy groups -OCH3 is 1. The molecule has 6 nitrogen and oxygen atoms in total. The van der Waals surface area contributed by atoms with Gasteiger partial charge in [0.25, 0.3) is 0 Å². The second-order valence-corrected chi connectivity index (χ2v) is 5.34. The number of ether oxygens (including phenoxy) is 1. The van der Waals surface area contributed by atoms with Crippen molar-refractivity contribution in [3.63, 3.8) is 0 Å². The van der Waals surface area contributed by atoms with Gasteiger partial charge in [-0.2, -0.15) is 0 Å². The Bertz CT molecular complexity index is 471. The van der Waals surface area contributed by atoms with Crippen LogP contribution in [-0.2, 0) is 19.6 Å². The molecule has 0 aliphatic heterocycles. The fourth-order valence-electron chi connectivity index (χ4n) is 0.866. The Morgan fingerprint density at radius 2 is 2.25 bits per heavy atom. The van der Waals surface area contributed by atoms with Gasteiger partial charge >= 0.3 is 5.97 Å². The molecule has 0 spiro atoms. The number of pyridine rings is 1. The second kappa shape index (κ2) is 5.26. The quantitative estimate of drug-likeness (QED) is 0.655. The predicted molar refractivity (Wildman–Crippen MR) is 61.4 cm³/mol. The number of halogens is 1. The van der Waals surface area contributed by atoms with Gasteiger partial charge in [0.05, 0.1) is 19.0 Å². The number of aromatic nitrogens is 1. The summed E-state index contributed by atoms with van der Waals surface area (Å²) < 4.78 is 29.9. The smallest absolute Gasteiger partial charge is 0.322 e. The molecule has 0 unspecified atom stereocenters. The van der Waals surface area contributed by atoms with E-state index in [-0.39, 0.29) is 5.69 Å². The summed E-state index contributed by atoms with van der Waals surface area (Å²) in [6.07, 6.45) is 1.33. The van der Waals surface area contributed by atoms with Crippen molar-refractivity contribution in [2.24, 2.45) is 0 Å². The summed E-state index contributed by atoms with van der Waals surface area (Å²) in [7, 11) is -2.61. The van der Waals surface area contributed by atoms with Crippen LogP contribution in [-0.4, -0.2) is 32.2 Å². The van der Waals surface area contributed by atoms with Gasteiger partial charge in [0.2, 0.25) is 10.0 Å². The summed E-state index contributed by atoms with van der Waals surface area (Å²) in [6, 6.07) is 3.10. The van der Waals surface area contributed by atoms with E-state index >= 15 is 0 Å². The van der Waals surface area contributed by atoms with E-state index < -0.39 is 21.7 Å². The van der Waals surface area contributed by atoms with Gasteiger partial charge in [-0.1, -0.05) is 0 Å². The zero-order valence-corrected chi connectivity index (χ0v) is 10.7. The highest BCUT2D eigenvalue weighted by Crippen LogP contribution is 2.11. The highest BCUT2D eigenvalue weighted by atomic mass is 79.9. The maximum absolute atomic E-state index is 11.4. The van der Waals surface area contributed by atoms with Crippen LogP contribution in [0.5, 0.6) is 0 Å². The van der Waals surface area contributed by atoms with E-state index in [1.807, 2.05) is 0 Å². The summed E-state index contributed by atoms with van der Waals surface area (Å²) in [6.45, 7) is 0. The zero-order chi connectivity index (χ0) is 12.2. The van der Waals surface area contributed by atoms with Gasteiger partial charge in [0, 0.05) is 0 Å². The van der Waals surface area contributed by atoms with E-state index in [0.29, 0.717) is 4.60 Å². The minimum atomic E-state index is -3.74. The highest BCUT2D eigenvalue weighted by Gasteiger charge is 2.16. The van der Waals surface area contributed by atoms with Crippen LogP contribution >= 0.6 is 15.9 Å². The molecule has 0 amide bonds. The standard InChI is InChI=1S/C8H9BrN2O4S/c1-15-8(12)5-16(13,14)11-6-2-3-7(9)10-4-6/h2-4,11H,5H2,1H3. The molecule has 8 heteroatoms. The van der Waals surface area contributed by atoms with Crippen LogP contribution in [0, 0.1) is 0 Å². The van der Waals surface area contributed by atoms with Gasteiger partial charge in [-0.3, -0.25) is 9.52 Å². The lowest BCUT2D eigenvalue weighted by Gasteiger charge is -2.06. The highest BCUT2D eigenvalue weighted by molar-refractivity contribution is 9.10. The molecule has 0 fully saturated rings. The Morgan fingerprint density at radius 1 is 1.56 bits per heavy atom. The van der Waals surface area contributed by atoms with Crippen LogP contribution in [0.1, 0.15) is 0 Å². The summed E-state index contributed by atoms with van der Waals surface area (Å²) in [5, 5.41) is 0. The SMILES string of the molecule is COC(=O)CS(=O)(=O)Nc1ccc(Br)nc1. The predicted octanol–water partition coefficient (Wildman–Crippen LogP) is 0.759. The first-order chi connectivity index (χ1) is 7.43. The van der Waals surface area contributed by atoms with Crippen LogP contribution in [0.2, 0.25) is 0 Å². The average Bonchev–Trinajstić information content (AvgIpc) is 2.20. The van der Waals surface area contributed by atoms with Crippen molar-refractivity contribution in [2.45, 2.75) is 0 Å². The number of nitrogens with one attached hydrogen (secondary N) is 1. The van der Waals surface area contributed by atoms with E-state index in [9.17, 15) is 13.2 Å². The first kappa shape index (κ1) is 12.9. The third-order valence-corrected chi connectivity index (χ3v) is 3.17. The van der Waals surface area contributed by atoms with E-state index in [1.54, 1.807) is 6.07 Å². The molecule has 16 heavy (non-hydrogen) atoms. The molecule has 0 aliphatic carbocycles. The number of nitrogens with zero attached hydrogens (tertiary/aromatic N) is 1. The van der Waals surface area contributed by atoms with Crippen molar-refractivity contribution >= 4 is 37.6 Å². The first-order valence-electron chi connectivity index (χ1n) is 4.12. The van der Waals surface area contributed by atoms with Crippen LogP contribution in [0.15, 0.2) is 22.9 Å². The molecular weight excluding hydrogens is 300 g/mol. The Balaban J connectivity index is 2.73. The van der Waals surface area contributed by atoms with Crippen molar-refractivity contribution in [1.82, 2.24) is 4.98 Å². The summed E-state index contributed by atoms with van der Waals surface area (Å²) >= 11 is 3.11. The van der Waals surface area contributed by atoms with Gasteiger partial charge in [-0.15, -0.1) is 0 Å². The second-order valence-electron chi connectivity index (χ2n) is 2.81. The molecule has 0 radical (unpaired) electrons. The molecule has 0 bridgehead atoms. The lowest BCUT2D eigenvalue weighted by atomic mass is 10.4. The lowest BCUT2D eigenvalue weighted by Crippen LogP contribution is -2.23. The van der Waals surface area contributed by atoms with E-state index in [4.69, 9.17) is 0 Å². The lowest BCUT2D eigenvalue weighted by molar-refractivity contribution is -0.137. The Hall–Kier alpha value is -1.15. The summed E-state index contributed by atoms with van der Waals surface area (Å²) in [5.41, 5.74) is 0.284. The third-order valence-electron chi connectivity index (χ3n) is 1.54. The molecule has 1 rings (SSSR count). The molecular formula is C8H9BrN2O4S. The van der Waals surface area contributed by atoms with E-state index in [2.05, 4.69) is 30.4 Å². The van der Waals surface area contributed by atoms with Crippen molar-refractivity contribution in [2.75, 3.05) is 17.6 Å². The van der Waals surface area contributed by atoms with Crippen molar-refractivity contribution in [3.05, 3.63) is 22.9 Å². The Kier molecular flexibility index (Phi) is 4.25. The van der Waals surface area contributed by atoms with E-state index in [0.717, 1.165) is 7.11 Å². The molecule has 0 saturated heterocycles. The summed E-state index contributed by atoms with van der Waals surface area (Å²) in [4.78, 5) is 14.6. The van der Waals surface area contributed by atoms with Crippen molar-refractivity contribution < 1.29 is 17.9 Å². The number of hydrogen-bond donors (Lipinski definition) is 1. The molecule has 0 aromatic carbocycles. The number of hydrogen-bond acceptors (Lipinski definition) is 5. The maximum atomic E-state index is 11.4. The van der Waals surface area contributed by atoms with Gasteiger partial charge in [-0.05, 0) is 28.1 Å². The minimum Gasteiger partial charge on any atom is -0.468 e. The van der Waals surface area contributed by atoms with Gasteiger partial charge in [0.15, 0.2) is 5.75 Å². The molecule has 0 atom stereocenters. The molecule has 0 saturated carbocycles. The van der Waals surface area contributed by atoms with Gasteiger partial charge in [-0.25, -0.2) is 13.4 Å². The molecule has 0 aliphatic rings. The Labute approximate surface area is 101 Å². The van der Waals surface area contributed by atoms with Crippen molar-refractivity contribution in [3.8, 4) is 0 Å². The average molecular weight is 309 g/mol. The number of sulfonamides is 1. The molecule has 88 valence electrons. The molecule has 1 aromatic heterocycles. The fourth-order valence-corrected chi connectivity index (χ4v) is 2.08. The molecule has 1 heterocycles. The van der Waals surface area contributed by atoms with Crippen molar-refractivity contribution in [1.29, 1.82) is 0 Å². The monoisotopic (exact) mass is 308 g/mol. The maximum Gasteiger partial charge on any atom is 0.322 e. The number of anilines is 1. The topological polar surface area (TPSA) is 85.4 Å². The van der Waals surface area contributed by atoms with Gasteiger partial charge in [0.1, 0.15) is 4.60 Å². The van der Waals surface area contributed by atoms with E-state index in [1.165, 1.54) is 12.3 Å². The van der Waals surface area contributed by atoms with Crippen LogP contribution in [0.25, 0.3) is 0 Å². The number of rotatable bonds is 4. The summed E-state index contributed by atoms with van der Waals surface area (Å²) in [5.74, 6) is -1.54. The van der Waals surface area contributed by atoms with Crippen LogP contribution in [0.4, 0.5) is 5.69 Å². The normalized spacial score (nSPS) is 10.9. The largest absolute Gasteiger partial charge is 0.468 e. The Morgan fingerprint density at radius 3 is 2.75 bits per heavy atom. The zero-order valence-electron chi connectivity index (χ0n) is 8.31.